The first kappa shape index (κ1) is 11.8. The molecule has 3 aromatic carbocycles. The Balaban J connectivity index is 2.14. The summed E-state index contributed by atoms with van der Waals surface area (Å²) in [5.41, 5.74) is 6.12. The zero-order valence-electron chi connectivity index (χ0n) is 12.1. The summed E-state index contributed by atoms with van der Waals surface area (Å²) >= 11 is 6.28. The van der Waals surface area contributed by atoms with Gasteiger partial charge in [0.2, 0.25) is 0 Å². The van der Waals surface area contributed by atoms with Crippen molar-refractivity contribution in [3.8, 4) is 0 Å². The van der Waals surface area contributed by atoms with Gasteiger partial charge in [-0.25, -0.2) is 0 Å². The maximum Gasteiger partial charge on any atom is 0.131 e. The van der Waals surface area contributed by atoms with E-state index in [-0.39, 0.29) is 0 Å². The van der Waals surface area contributed by atoms with Crippen molar-refractivity contribution >= 4 is 55.5 Å². The van der Waals surface area contributed by atoms with Gasteiger partial charge >= 0.3 is 0 Å². The number of hydrogen-bond acceptors (Lipinski definition) is 0. The highest BCUT2D eigenvalue weighted by atomic mass is 35.5. The van der Waals surface area contributed by atoms with Crippen LogP contribution in [0.4, 0.5) is 0 Å². The van der Waals surface area contributed by atoms with Gasteiger partial charge in [0, 0.05) is 21.2 Å². The first-order chi connectivity index (χ1) is 11.3. The fourth-order valence-corrected chi connectivity index (χ4v) is 4.22. The summed E-state index contributed by atoms with van der Waals surface area (Å²) in [4.78, 5) is 0. The van der Waals surface area contributed by atoms with E-state index < -0.39 is 0 Å². The minimum absolute atomic E-state index is 0.772. The highest BCUT2D eigenvalue weighted by molar-refractivity contribution is 6.32. The highest BCUT2D eigenvalue weighted by Gasteiger charge is 2.21. The predicted molar refractivity (Wildman–Crippen MR) is 97.1 cm³/mol. The zero-order valence-corrected chi connectivity index (χ0v) is 12.9. The highest BCUT2D eigenvalue weighted by Crippen LogP contribution is 2.41. The van der Waals surface area contributed by atoms with Gasteiger partial charge in [0.15, 0.2) is 0 Å². The summed E-state index contributed by atoms with van der Waals surface area (Å²) in [6, 6.07) is 23.4. The Hall–Kier alpha value is -2.71. The molecule has 0 N–H and O–H groups in total. The van der Waals surface area contributed by atoms with Crippen molar-refractivity contribution < 1.29 is 0 Å². The molecular formula is C20H11ClN2. The summed E-state index contributed by atoms with van der Waals surface area (Å²) in [6.45, 7) is 0. The summed E-state index contributed by atoms with van der Waals surface area (Å²) < 4.78 is 4.71. The molecule has 0 spiro atoms. The topological polar surface area (TPSA) is 8.82 Å². The minimum Gasteiger partial charge on any atom is -0.293 e. The lowest BCUT2D eigenvalue weighted by molar-refractivity contribution is 1.28. The molecule has 3 heterocycles. The molecule has 0 aliphatic rings. The average molecular weight is 315 g/mol. The Labute approximate surface area is 136 Å². The van der Waals surface area contributed by atoms with E-state index in [1.165, 1.54) is 43.9 Å². The van der Waals surface area contributed by atoms with Crippen molar-refractivity contribution in [1.29, 1.82) is 0 Å². The first-order valence-corrected chi connectivity index (χ1v) is 8.05. The van der Waals surface area contributed by atoms with E-state index in [9.17, 15) is 0 Å². The van der Waals surface area contributed by atoms with Crippen LogP contribution in [-0.4, -0.2) is 8.80 Å². The van der Waals surface area contributed by atoms with Gasteiger partial charge in [0.1, 0.15) is 5.65 Å². The van der Waals surface area contributed by atoms with E-state index >= 15 is 0 Å². The summed E-state index contributed by atoms with van der Waals surface area (Å²) in [6.07, 6.45) is 0. The van der Waals surface area contributed by atoms with Crippen LogP contribution in [0.2, 0.25) is 5.02 Å². The fraction of sp³-hybridized carbons (Fsp3) is 0. The number of aromatic nitrogens is 2. The molecule has 2 nitrogen and oxygen atoms in total. The maximum absolute atomic E-state index is 6.28. The number of benzene rings is 3. The van der Waals surface area contributed by atoms with Crippen molar-refractivity contribution in [3.63, 3.8) is 0 Å². The Kier molecular flexibility index (Phi) is 1.94. The van der Waals surface area contributed by atoms with Crippen molar-refractivity contribution in [2.24, 2.45) is 0 Å². The number of halogens is 1. The third-order valence-corrected chi connectivity index (χ3v) is 5.13. The van der Waals surface area contributed by atoms with Crippen LogP contribution in [0.15, 0.2) is 66.7 Å². The molecule has 3 aromatic heterocycles. The van der Waals surface area contributed by atoms with Crippen LogP contribution < -0.4 is 0 Å². The van der Waals surface area contributed by atoms with Crippen LogP contribution in [0.25, 0.3) is 43.9 Å². The standard InChI is InChI=1S/C20H11ClN2/c21-12-9-10-14-18(11-12)23-17-8-4-3-7-16(17)22-15-6-2-1-5-13(15)19(14)20(22)23/h1-11H. The fourth-order valence-electron chi connectivity index (χ4n) is 4.05. The maximum atomic E-state index is 6.28. The average Bonchev–Trinajstić information content (AvgIpc) is 3.18. The normalized spacial score (nSPS) is 12.6. The molecule has 108 valence electrons. The van der Waals surface area contributed by atoms with Gasteiger partial charge in [-0.05, 0) is 30.3 Å². The third-order valence-electron chi connectivity index (χ3n) is 4.90. The molecule has 0 saturated heterocycles. The van der Waals surface area contributed by atoms with Gasteiger partial charge in [-0.2, -0.15) is 0 Å². The van der Waals surface area contributed by atoms with E-state index in [2.05, 4.69) is 69.5 Å². The molecule has 0 saturated carbocycles. The number of nitrogens with zero attached hydrogens (tertiary/aromatic N) is 2. The Morgan fingerprint density at radius 2 is 1.22 bits per heavy atom. The Morgan fingerprint density at radius 1 is 0.609 bits per heavy atom. The number of para-hydroxylation sites is 3. The minimum atomic E-state index is 0.772. The summed E-state index contributed by atoms with van der Waals surface area (Å²) in [5.74, 6) is 0. The van der Waals surface area contributed by atoms with Gasteiger partial charge in [0.05, 0.1) is 22.1 Å². The van der Waals surface area contributed by atoms with Crippen LogP contribution in [0.5, 0.6) is 0 Å². The molecule has 6 aromatic rings. The Bertz CT molecular complexity index is 1360. The zero-order chi connectivity index (χ0) is 15.1. The molecule has 0 atom stereocenters. The summed E-state index contributed by atoms with van der Waals surface area (Å²) in [5, 5.41) is 4.63. The SMILES string of the molecule is Clc1ccc2c3c4ccccc4n4c5ccccc5n(c2c1)c34. The molecule has 0 aliphatic heterocycles. The lowest BCUT2D eigenvalue weighted by Crippen LogP contribution is -1.80. The molecule has 6 rings (SSSR count). The summed E-state index contributed by atoms with van der Waals surface area (Å²) in [7, 11) is 0. The van der Waals surface area contributed by atoms with Crippen LogP contribution >= 0.6 is 11.6 Å². The van der Waals surface area contributed by atoms with Crippen molar-refractivity contribution in [2.45, 2.75) is 0 Å². The molecular weight excluding hydrogens is 304 g/mol. The van der Waals surface area contributed by atoms with Crippen LogP contribution in [-0.2, 0) is 0 Å². The first-order valence-electron chi connectivity index (χ1n) is 7.67. The van der Waals surface area contributed by atoms with E-state index in [1.54, 1.807) is 0 Å². The van der Waals surface area contributed by atoms with E-state index in [4.69, 9.17) is 11.6 Å². The van der Waals surface area contributed by atoms with Gasteiger partial charge in [-0.3, -0.25) is 8.80 Å². The van der Waals surface area contributed by atoms with Gasteiger partial charge in [-0.15, -0.1) is 0 Å². The van der Waals surface area contributed by atoms with Crippen molar-refractivity contribution in [3.05, 3.63) is 71.8 Å². The smallest absolute Gasteiger partial charge is 0.131 e. The van der Waals surface area contributed by atoms with Crippen molar-refractivity contribution in [2.75, 3.05) is 0 Å². The van der Waals surface area contributed by atoms with E-state index in [0.717, 1.165) is 5.02 Å². The molecule has 0 aliphatic carbocycles. The molecule has 23 heavy (non-hydrogen) atoms. The second-order valence-corrected chi connectivity index (χ2v) is 6.47. The second kappa shape index (κ2) is 3.79. The van der Waals surface area contributed by atoms with Gasteiger partial charge in [-0.1, -0.05) is 48.0 Å². The monoisotopic (exact) mass is 314 g/mol. The van der Waals surface area contributed by atoms with E-state index in [1.807, 2.05) is 6.07 Å². The lowest BCUT2D eigenvalue weighted by Gasteiger charge is -1.96. The molecule has 3 heteroatoms. The Morgan fingerprint density at radius 3 is 2.00 bits per heavy atom. The molecule has 0 unspecified atom stereocenters. The van der Waals surface area contributed by atoms with E-state index in [0.29, 0.717) is 0 Å². The number of hydrogen-bond donors (Lipinski definition) is 0. The number of fused-ring (bicyclic) bond motifs is 9. The quantitative estimate of drug-likeness (QED) is 0.338. The van der Waals surface area contributed by atoms with Crippen LogP contribution in [0.1, 0.15) is 0 Å². The molecule has 0 radical (unpaired) electrons. The van der Waals surface area contributed by atoms with Gasteiger partial charge in [0.25, 0.3) is 0 Å². The second-order valence-electron chi connectivity index (χ2n) is 6.04. The molecule has 0 amide bonds. The third kappa shape index (κ3) is 1.24. The lowest BCUT2D eigenvalue weighted by atomic mass is 10.1. The predicted octanol–water partition coefficient (Wildman–Crippen LogP) is 5.74. The molecule has 0 bridgehead atoms. The van der Waals surface area contributed by atoms with Crippen LogP contribution in [0.3, 0.4) is 0 Å². The van der Waals surface area contributed by atoms with Crippen molar-refractivity contribution in [1.82, 2.24) is 8.80 Å². The largest absolute Gasteiger partial charge is 0.293 e. The number of imidazole rings is 1. The molecule has 0 fully saturated rings. The number of rotatable bonds is 0. The van der Waals surface area contributed by atoms with Crippen LogP contribution in [0, 0.1) is 0 Å². The van der Waals surface area contributed by atoms with Gasteiger partial charge < -0.3 is 0 Å².